The molecule has 6 nitrogen and oxygen atoms in total. The molecule has 0 saturated carbocycles. The number of alkyl halides is 3. The van der Waals surface area contributed by atoms with E-state index < -0.39 is 26.7 Å². The zero-order valence-electron chi connectivity index (χ0n) is 18.8. The lowest BCUT2D eigenvalue weighted by Crippen LogP contribution is -2.20. The maximum absolute atomic E-state index is 13.4. The van der Waals surface area contributed by atoms with Crippen molar-refractivity contribution < 1.29 is 21.6 Å². The normalized spacial score (nSPS) is 15.2. The molecule has 0 radical (unpaired) electrons. The van der Waals surface area contributed by atoms with E-state index in [9.17, 15) is 21.6 Å². The molecule has 2 heterocycles. The summed E-state index contributed by atoms with van der Waals surface area (Å²) >= 11 is 0. The molecule has 0 fully saturated rings. The van der Waals surface area contributed by atoms with Crippen LogP contribution < -0.4 is 10.0 Å². The van der Waals surface area contributed by atoms with Crippen LogP contribution in [0, 0.1) is 0 Å². The van der Waals surface area contributed by atoms with Gasteiger partial charge >= 0.3 is 6.18 Å². The third-order valence-electron chi connectivity index (χ3n) is 6.06. The number of para-hydroxylation sites is 1. The van der Waals surface area contributed by atoms with Crippen molar-refractivity contribution in [3.63, 3.8) is 0 Å². The van der Waals surface area contributed by atoms with Gasteiger partial charge in [-0.15, -0.1) is 0 Å². The van der Waals surface area contributed by atoms with Crippen LogP contribution in [0.1, 0.15) is 22.6 Å². The van der Waals surface area contributed by atoms with E-state index in [1.807, 2.05) is 24.3 Å². The lowest BCUT2D eigenvalue weighted by molar-refractivity contribution is -0.139. The highest BCUT2D eigenvalue weighted by Crippen LogP contribution is 2.36. The summed E-state index contributed by atoms with van der Waals surface area (Å²) in [6, 6.07) is 19.7. The van der Waals surface area contributed by atoms with E-state index in [1.165, 1.54) is 24.0 Å². The van der Waals surface area contributed by atoms with Crippen LogP contribution in [0.15, 0.2) is 90.1 Å². The molecule has 184 valence electrons. The Balaban J connectivity index is 1.40. The zero-order valence-corrected chi connectivity index (χ0v) is 19.6. The highest BCUT2D eigenvalue weighted by Gasteiger charge is 2.37. The second kappa shape index (κ2) is 9.27. The molecule has 5 rings (SSSR count). The van der Waals surface area contributed by atoms with E-state index in [-0.39, 0.29) is 11.5 Å². The van der Waals surface area contributed by atoms with Crippen molar-refractivity contribution in [2.24, 2.45) is 0 Å². The van der Waals surface area contributed by atoms with Crippen LogP contribution in [0.4, 0.5) is 24.7 Å². The SMILES string of the molecule is O=S(=O)(Nc1nccnc1-c1ccc(CC2CNc3ccccc32)cc1)c1ccccc1C(F)(F)F. The van der Waals surface area contributed by atoms with Crippen LogP contribution in [0.2, 0.25) is 0 Å². The summed E-state index contributed by atoms with van der Waals surface area (Å²) in [6.07, 6.45) is -1.35. The number of rotatable bonds is 6. The van der Waals surface area contributed by atoms with Crippen molar-refractivity contribution >= 4 is 21.5 Å². The van der Waals surface area contributed by atoms with E-state index in [4.69, 9.17) is 0 Å². The quantitative estimate of drug-likeness (QED) is 0.347. The molecule has 1 atom stereocenters. The number of sulfonamides is 1. The number of fused-ring (bicyclic) bond motifs is 1. The first-order chi connectivity index (χ1) is 17.2. The minimum atomic E-state index is -4.83. The smallest absolute Gasteiger partial charge is 0.384 e. The van der Waals surface area contributed by atoms with Gasteiger partial charge in [0.25, 0.3) is 10.0 Å². The molecular formula is C26H21F3N4O2S. The summed E-state index contributed by atoms with van der Waals surface area (Å²) in [6.45, 7) is 0.844. The summed E-state index contributed by atoms with van der Waals surface area (Å²) in [4.78, 5) is 7.41. The summed E-state index contributed by atoms with van der Waals surface area (Å²) in [7, 11) is -4.59. The molecule has 0 bridgehead atoms. The first-order valence-corrected chi connectivity index (χ1v) is 12.6. The van der Waals surface area contributed by atoms with E-state index in [1.54, 1.807) is 12.1 Å². The Hall–Kier alpha value is -3.92. The first kappa shape index (κ1) is 23.8. The van der Waals surface area contributed by atoms with Gasteiger partial charge in [-0.1, -0.05) is 54.6 Å². The second-order valence-corrected chi connectivity index (χ2v) is 10.1. The van der Waals surface area contributed by atoms with Gasteiger partial charge in [0.05, 0.1) is 10.5 Å². The fraction of sp³-hybridized carbons (Fsp3) is 0.154. The van der Waals surface area contributed by atoms with Gasteiger partial charge in [0.15, 0.2) is 5.82 Å². The molecule has 3 aromatic carbocycles. The fourth-order valence-corrected chi connectivity index (χ4v) is 5.61. The van der Waals surface area contributed by atoms with E-state index in [0.717, 1.165) is 42.4 Å². The van der Waals surface area contributed by atoms with Gasteiger partial charge in [0.1, 0.15) is 5.69 Å². The van der Waals surface area contributed by atoms with Gasteiger partial charge in [-0.05, 0) is 35.7 Å². The first-order valence-electron chi connectivity index (χ1n) is 11.1. The summed E-state index contributed by atoms with van der Waals surface area (Å²) < 4.78 is 68.2. The molecule has 4 aromatic rings. The highest BCUT2D eigenvalue weighted by atomic mass is 32.2. The molecule has 1 aliphatic heterocycles. The monoisotopic (exact) mass is 510 g/mol. The molecule has 10 heteroatoms. The van der Waals surface area contributed by atoms with Crippen molar-refractivity contribution in [2.75, 3.05) is 16.6 Å². The van der Waals surface area contributed by atoms with Gasteiger partial charge in [0.2, 0.25) is 0 Å². The Bertz CT molecular complexity index is 1510. The summed E-state index contributed by atoms with van der Waals surface area (Å²) in [5, 5.41) is 3.41. The number of benzene rings is 3. The summed E-state index contributed by atoms with van der Waals surface area (Å²) in [5.74, 6) is 0.177. The van der Waals surface area contributed by atoms with Gasteiger partial charge in [-0.2, -0.15) is 13.2 Å². The lowest BCUT2D eigenvalue weighted by atomic mass is 9.93. The predicted octanol–water partition coefficient (Wildman–Crippen LogP) is 5.72. The molecular weight excluding hydrogens is 489 g/mol. The Labute approximate surface area is 206 Å². The molecule has 0 amide bonds. The number of halogens is 3. The standard InChI is InChI=1S/C26H21F3N4O2S/c27-26(28,29)21-6-2-4-8-23(21)36(34,35)33-25-24(30-13-14-31-25)18-11-9-17(10-12-18)15-19-16-32-22-7-3-1-5-20(19)22/h1-14,19,32H,15-16H2,(H,31,33). The van der Waals surface area contributed by atoms with Crippen LogP contribution in [0.5, 0.6) is 0 Å². The number of aromatic nitrogens is 2. The van der Waals surface area contributed by atoms with Crippen molar-refractivity contribution in [2.45, 2.75) is 23.4 Å². The minimum absolute atomic E-state index is 0.156. The van der Waals surface area contributed by atoms with Gasteiger partial charge in [0, 0.05) is 36.1 Å². The molecule has 2 N–H and O–H groups in total. The molecule has 0 aliphatic carbocycles. The van der Waals surface area contributed by atoms with Crippen LogP contribution >= 0.6 is 0 Å². The van der Waals surface area contributed by atoms with Crippen LogP contribution in [0.25, 0.3) is 11.3 Å². The Morgan fingerprint density at radius 2 is 1.61 bits per heavy atom. The Morgan fingerprint density at radius 3 is 2.39 bits per heavy atom. The molecule has 36 heavy (non-hydrogen) atoms. The maximum atomic E-state index is 13.4. The van der Waals surface area contributed by atoms with Crippen molar-refractivity contribution in [3.8, 4) is 11.3 Å². The molecule has 0 saturated heterocycles. The number of hydrogen-bond donors (Lipinski definition) is 2. The number of nitrogens with one attached hydrogen (secondary N) is 2. The topological polar surface area (TPSA) is 84.0 Å². The average molecular weight is 511 g/mol. The third kappa shape index (κ3) is 4.76. The van der Waals surface area contributed by atoms with Crippen LogP contribution in [0.3, 0.4) is 0 Å². The van der Waals surface area contributed by atoms with Crippen molar-refractivity contribution in [1.29, 1.82) is 0 Å². The molecule has 1 aliphatic rings. The van der Waals surface area contributed by atoms with E-state index in [0.29, 0.717) is 11.5 Å². The Kier molecular flexibility index (Phi) is 6.13. The average Bonchev–Trinajstić information content (AvgIpc) is 3.27. The van der Waals surface area contributed by atoms with Gasteiger partial charge < -0.3 is 5.32 Å². The largest absolute Gasteiger partial charge is 0.417 e. The lowest BCUT2D eigenvalue weighted by Gasteiger charge is -2.15. The van der Waals surface area contributed by atoms with E-state index in [2.05, 4.69) is 32.1 Å². The highest BCUT2D eigenvalue weighted by molar-refractivity contribution is 7.92. The van der Waals surface area contributed by atoms with Crippen molar-refractivity contribution in [1.82, 2.24) is 9.97 Å². The minimum Gasteiger partial charge on any atom is -0.384 e. The van der Waals surface area contributed by atoms with Gasteiger partial charge in [-0.25, -0.2) is 13.4 Å². The van der Waals surface area contributed by atoms with Gasteiger partial charge in [-0.3, -0.25) is 9.71 Å². The zero-order chi connectivity index (χ0) is 25.3. The van der Waals surface area contributed by atoms with E-state index >= 15 is 0 Å². The molecule has 0 spiro atoms. The number of hydrogen-bond acceptors (Lipinski definition) is 5. The maximum Gasteiger partial charge on any atom is 0.417 e. The van der Waals surface area contributed by atoms with Crippen LogP contribution in [-0.4, -0.2) is 24.9 Å². The molecule has 1 aromatic heterocycles. The van der Waals surface area contributed by atoms with Crippen molar-refractivity contribution in [3.05, 3.63) is 102 Å². The fourth-order valence-electron chi connectivity index (χ4n) is 4.36. The number of nitrogens with zero attached hydrogens (tertiary/aromatic N) is 2. The predicted molar refractivity (Wildman–Crippen MR) is 131 cm³/mol. The molecule has 1 unspecified atom stereocenters. The number of anilines is 2. The second-order valence-electron chi connectivity index (χ2n) is 8.42. The Morgan fingerprint density at radius 1 is 0.917 bits per heavy atom. The third-order valence-corrected chi connectivity index (χ3v) is 7.46. The van der Waals surface area contributed by atoms with Crippen LogP contribution in [-0.2, 0) is 22.6 Å². The summed E-state index contributed by atoms with van der Waals surface area (Å²) in [5.41, 5.74) is 3.04.